The standard InChI is InChI=1S/C10H14.C9H12.C2H6/c1-10(2,3)9-7-5-4-6-8-9;1-8(2)9-6-4-3-5-7-9;1-2/h4-8H,1-3H3;3-8H,1-2H3;1-2H3. The molecular formula is C21H32. The molecule has 0 heteroatoms. The fourth-order valence-electron chi connectivity index (χ4n) is 1.78. The van der Waals surface area contributed by atoms with Crippen LogP contribution in [0.15, 0.2) is 60.7 Å². The van der Waals surface area contributed by atoms with Crippen LogP contribution in [-0.2, 0) is 5.41 Å². The van der Waals surface area contributed by atoms with E-state index in [-0.39, 0.29) is 0 Å². The van der Waals surface area contributed by atoms with Crippen molar-refractivity contribution in [1.82, 2.24) is 0 Å². The Bertz CT molecular complexity index is 446. The molecule has 0 amide bonds. The lowest BCUT2D eigenvalue weighted by atomic mass is 9.87. The highest BCUT2D eigenvalue weighted by Gasteiger charge is 2.11. The Morgan fingerprint density at radius 2 is 1.05 bits per heavy atom. The van der Waals surface area contributed by atoms with Gasteiger partial charge in [0.2, 0.25) is 0 Å². The minimum Gasteiger partial charge on any atom is -0.0683 e. The summed E-state index contributed by atoms with van der Waals surface area (Å²) < 4.78 is 0. The van der Waals surface area contributed by atoms with Crippen LogP contribution in [0.25, 0.3) is 0 Å². The molecule has 0 aliphatic carbocycles. The van der Waals surface area contributed by atoms with Crippen LogP contribution in [0.3, 0.4) is 0 Å². The normalized spacial score (nSPS) is 10.1. The van der Waals surface area contributed by atoms with Gasteiger partial charge in [-0.15, -0.1) is 0 Å². The van der Waals surface area contributed by atoms with Crippen LogP contribution < -0.4 is 0 Å². The summed E-state index contributed by atoms with van der Waals surface area (Å²) in [6.07, 6.45) is 0. The monoisotopic (exact) mass is 284 g/mol. The molecular weight excluding hydrogens is 252 g/mol. The van der Waals surface area contributed by atoms with Gasteiger partial charge in [-0.25, -0.2) is 0 Å². The maximum absolute atomic E-state index is 2.22. The summed E-state index contributed by atoms with van der Waals surface area (Å²) in [5, 5.41) is 0. The molecule has 0 aliphatic heterocycles. The van der Waals surface area contributed by atoms with E-state index in [2.05, 4.69) is 89.2 Å². The molecule has 0 heterocycles. The highest BCUT2D eigenvalue weighted by molar-refractivity contribution is 5.22. The van der Waals surface area contributed by atoms with Crippen LogP contribution in [0.5, 0.6) is 0 Å². The summed E-state index contributed by atoms with van der Waals surface area (Å²) in [5.41, 5.74) is 3.11. The van der Waals surface area contributed by atoms with Crippen LogP contribution >= 0.6 is 0 Å². The van der Waals surface area contributed by atoms with Crippen LogP contribution in [0, 0.1) is 0 Å². The second kappa shape index (κ2) is 10.2. The highest BCUT2D eigenvalue weighted by Crippen LogP contribution is 2.20. The molecule has 0 radical (unpaired) electrons. The number of hydrogen-bond donors (Lipinski definition) is 0. The zero-order valence-corrected chi connectivity index (χ0v) is 14.9. The molecule has 0 spiro atoms. The maximum Gasteiger partial charge on any atom is -0.0132 e. The summed E-state index contributed by atoms with van der Waals surface area (Å²) in [6, 6.07) is 21.1. The summed E-state index contributed by atoms with van der Waals surface area (Å²) >= 11 is 0. The summed E-state index contributed by atoms with van der Waals surface area (Å²) in [4.78, 5) is 0. The predicted molar refractivity (Wildman–Crippen MR) is 97.0 cm³/mol. The van der Waals surface area contributed by atoms with E-state index in [1.165, 1.54) is 11.1 Å². The molecule has 0 aromatic heterocycles. The molecule has 116 valence electrons. The largest absolute Gasteiger partial charge is 0.0683 e. The van der Waals surface area contributed by atoms with Gasteiger partial charge >= 0.3 is 0 Å². The quantitative estimate of drug-likeness (QED) is 0.539. The van der Waals surface area contributed by atoms with Crippen LogP contribution in [0.2, 0.25) is 0 Å². The lowest BCUT2D eigenvalue weighted by Gasteiger charge is -2.18. The zero-order chi connectivity index (χ0) is 16.3. The first-order chi connectivity index (χ1) is 9.91. The average molecular weight is 284 g/mol. The Morgan fingerprint density at radius 3 is 1.29 bits per heavy atom. The molecule has 0 fully saturated rings. The van der Waals surface area contributed by atoms with Gasteiger partial charge in [0, 0.05) is 0 Å². The smallest absolute Gasteiger partial charge is 0.0132 e. The fraction of sp³-hybridized carbons (Fsp3) is 0.429. The van der Waals surface area contributed by atoms with Gasteiger partial charge < -0.3 is 0 Å². The molecule has 0 aliphatic rings. The topological polar surface area (TPSA) is 0 Å². The first-order valence-electron chi connectivity index (χ1n) is 8.01. The van der Waals surface area contributed by atoms with Gasteiger partial charge in [0.15, 0.2) is 0 Å². The molecule has 2 rings (SSSR count). The van der Waals surface area contributed by atoms with Crippen molar-refractivity contribution in [1.29, 1.82) is 0 Å². The Kier molecular flexibility index (Phi) is 9.45. The minimum absolute atomic E-state index is 0.293. The fourth-order valence-corrected chi connectivity index (χ4v) is 1.78. The second-order valence-corrected chi connectivity index (χ2v) is 6.18. The van der Waals surface area contributed by atoms with Crippen molar-refractivity contribution in [3.63, 3.8) is 0 Å². The van der Waals surface area contributed by atoms with Crippen molar-refractivity contribution in [2.45, 2.75) is 59.8 Å². The molecule has 0 N–H and O–H groups in total. The van der Waals surface area contributed by atoms with Crippen LogP contribution in [0.1, 0.15) is 65.5 Å². The summed E-state index contributed by atoms with van der Waals surface area (Å²) in [5.74, 6) is 0.659. The van der Waals surface area contributed by atoms with Gasteiger partial charge in [-0.3, -0.25) is 0 Å². The van der Waals surface area contributed by atoms with Crippen molar-refractivity contribution in [2.75, 3.05) is 0 Å². The third kappa shape index (κ3) is 8.34. The number of benzene rings is 2. The Morgan fingerprint density at radius 1 is 0.667 bits per heavy atom. The molecule has 2 aromatic rings. The average Bonchev–Trinajstić information content (AvgIpc) is 2.51. The van der Waals surface area contributed by atoms with E-state index in [1.54, 1.807) is 0 Å². The summed E-state index contributed by atoms with van der Waals surface area (Å²) in [6.45, 7) is 15.1. The second-order valence-electron chi connectivity index (χ2n) is 6.18. The maximum atomic E-state index is 2.22. The van der Waals surface area contributed by atoms with Gasteiger partial charge in [-0.2, -0.15) is 0 Å². The van der Waals surface area contributed by atoms with Crippen molar-refractivity contribution in [3.8, 4) is 0 Å². The van der Waals surface area contributed by atoms with E-state index in [9.17, 15) is 0 Å². The Balaban J connectivity index is 0.000000342. The molecule has 0 atom stereocenters. The number of hydrogen-bond acceptors (Lipinski definition) is 0. The Hall–Kier alpha value is -1.56. The molecule has 0 saturated heterocycles. The first kappa shape index (κ1) is 19.4. The van der Waals surface area contributed by atoms with Crippen LogP contribution in [-0.4, -0.2) is 0 Å². The zero-order valence-electron chi connectivity index (χ0n) is 14.9. The van der Waals surface area contributed by atoms with Crippen molar-refractivity contribution in [3.05, 3.63) is 71.8 Å². The Labute approximate surface area is 132 Å². The van der Waals surface area contributed by atoms with Gasteiger partial charge in [-0.05, 0) is 22.5 Å². The van der Waals surface area contributed by atoms with Gasteiger partial charge in [0.25, 0.3) is 0 Å². The molecule has 0 bridgehead atoms. The third-order valence-electron chi connectivity index (χ3n) is 3.11. The van der Waals surface area contributed by atoms with E-state index < -0.39 is 0 Å². The molecule has 21 heavy (non-hydrogen) atoms. The van der Waals surface area contributed by atoms with Crippen molar-refractivity contribution >= 4 is 0 Å². The number of rotatable bonds is 1. The van der Waals surface area contributed by atoms with E-state index in [0.717, 1.165) is 0 Å². The van der Waals surface area contributed by atoms with E-state index in [4.69, 9.17) is 0 Å². The minimum atomic E-state index is 0.293. The van der Waals surface area contributed by atoms with E-state index >= 15 is 0 Å². The van der Waals surface area contributed by atoms with Crippen molar-refractivity contribution in [2.24, 2.45) is 0 Å². The summed E-state index contributed by atoms with van der Waals surface area (Å²) in [7, 11) is 0. The van der Waals surface area contributed by atoms with Crippen molar-refractivity contribution < 1.29 is 0 Å². The molecule has 0 saturated carbocycles. The molecule has 0 unspecified atom stereocenters. The lowest BCUT2D eigenvalue weighted by molar-refractivity contribution is 0.590. The molecule has 0 nitrogen and oxygen atoms in total. The van der Waals surface area contributed by atoms with Gasteiger partial charge in [0.1, 0.15) is 0 Å². The van der Waals surface area contributed by atoms with E-state index in [1.807, 2.05) is 19.9 Å². The lowest BCUT2D eigenvalue weighted by Crippen LogP contribution is -2.10. The predicted octanol–water partition coefficient (Wildman–Crippen LogP) is 6.82. The molecule has 2 aromatic carbocycles. The van der Waals surface area contributed by atoms with Gasteiger partial charge in [-0.1, -0.05) is 109 Å². The van der Waals surface area contributed by atoms with Gasteiger partial charge in [0.05, 0.1) is 0 Å². The SMILES string of the molecule is CC.CC(C)(C)c1ccccc1.CC(C)c1ccccc1. The highest BCUT2D eigenvalue weighted by atomic mass is 14.2. The third-order valence-corrected chi connectivity index (χ3v) is 3.11. The van der Waals surface area contributed by atoms with E-state index in [0.29, 0.717) is 11.3 Å². The first-order valence-corrected chi connectivity index (χ1v) is 8.01. The van der Waals surface area contributed by atoms with Crippen LogP contribution in [0.4, 0.5) is 0 Å².